The van der Waals surface area contributed by atoms with Crippen molar-refractivity contribution in [2.45, 2.75) is 46.5 Å². The van der Waals surface area contributed by atoms with Gasteiger partial charge in [0.2, 0.25) is 5.91 Å². The Labute approximate surface area is 246 Å². The Balaban J connectivity index is 1.54. The largest absolute Gasteiger partial charge is 0.490 e. The second kappa shape index (κ2) is 14.7. The van der Waals surface area contributed by atoms with Gasteiger partial charge >= 0.3 is 0 Å². The van der Waals surface area contributed by atoms with Gasteiger partial charge in [0, 0.05) is 36.0 Å². The Morgan fingerprint density at radius 2 is 1.33 bits per heavy atom. The van der Waals surface area contributed by atoms with E-state index < -0.39 is 0 Å². The van der Waals surface area contributed by atoms with Crippen LogP contribution in [0.5, 0.6) is 11.5 Å². The van der Waals surface area contributed by atoms with Crippen LogP contribution in [0.3, 0.4) is 0 Å². The molecule has 0 bridgehead atoms. The monoisotopic (exact) mass is 564 g/mol. The predicted octanol–water partition coefficient (Wildman–Crippen LogP) is 7.80. The molecule has 0 radical (unpaired) electrons. The Kier molecular flexibility index (Phi) is 10.6. The van der Waals surface area contributed by atoms with Crippen LogP contribution < -0.4 is 14.8 Å². The molecule has 1 N–H and O–H groups in total. The average molecular weight is 565 g/mol. The number of benzene rings is 3. The number of pyridine rings is 1. The number of ether oxygens (including phenoxy) is 2. The minimum absolute atomic E-state index is 0.0103. The van der Waals surface area contributed by atoms with E-state index in [1.165, 1.54) is 0 Å². The summed E-state index contributed by atoms with van der Waals surface area (Å²) in [5.74, 6) is 1.05. The molecule has 4 rings (SSSR count). The Morgan fingerprint density at radius 3 is 2.07 bits per heavy atom. The number of hydrogen-bond acceptors (Lipinski definition) is 6. The van der Waals surface area contributed by atoms with Gasteiger partial charge in [-0.2, -0.15) is 0 Å². The molecule has 216 valence electrons. The van der Waals surface area contributed by atoms with Crippen molar-refractivity contribution in [3.05, 3.63) is 96.1 Å². The van der Waals surface area contributed by atoms with Crippen LogP contribution in [0.25, 0.3) is 22.4 Å². The first-order valence-electron chi connectivity index (χ1n) is 14.4. The molecule has 1 amide bonds. The van der Waals surface area contributed by atoms with Gasteiger partial charge in [-0.05, 0) is 67.8 Å². The van der Waals surface area contributed by atoms with Crippen LogP contribution in [-0.4, -0.2) is 35.7 Å². The summed E-state index contributed by atoms with van der Waals surface area (Å²) in [6, 6.07) is 26.0. The zero-order valence-corrected chi connectivity index (χ0v) is 24.3. The molecule has 0 saturated carbocycles. The number of aromatic nitrogens is 1. The van der Waals surface area contributed by atoms with Crippen LogP contribution >= 0.6 is 0 Å². The van der Waals surface area contributed by atoms with Gasteiger partial charge in [-0.25, -0.2) is 4.98 Å². The van der Waals surface area contributed by atoms with Crippen molar-refractivity contribution in [2.24, 2.45) is 0 Å². The molecule has 0 aliphatic carbocycles. The van der Waals surface area contributed by atoms with Crippen LogP contribution in [0, 0.1) is 0 Å². The summed E-state index contributed by atoms with van der Waals surface area (Å²) in [5, 5.41) is 2.87. The number of nitrogens with one attached hydrogen (secondary N) is 1. The number of amides is 1. The van der Waals surface area contributed by atoms with E-state index >= 15 is 0 Å². The highest BCUT2D eigenvalue weighted by Crippen LogP contribution is 2.30. The van der Waals surface area contributed by atoms with Gasteiger partial charge in [0.1, 0.15) is 5.82 Å². The molecule has 3 aromatic carbocycles. The van der Waals surface area contributed by atoms with Gasteiger partial charge in [-0.1, -0.05) is 55.5 Å². The number of carbonyl (C=O) groups is 3. The van der Waals surface area contributed by atoms with Crippen molar-refractivity contribution in [2.75, 3.05) is 18.5 Å². The van der Waals surface area contributed by atoms with Crippen molar-refractivity contribution in [1.82, 2.24) is 4.98 Å². The fourth-order valence-corrected chi connectivity index (χ4v) is 4.56. The molecule has 1 aromatic heterocycles. The highest BCUT2D eigenvalue weighted by molar-refractivity contribution is 6.00. The van der Waals surface area contributed by atoms with Crippen molar-refractivity contribution < 1.29 is 23.9 Å². The van der Waals surface area contributed by atoms with Crippen molar-refractivity contribution in [3.63, 3.8) is 0 Å². The molecule has 7 heteroatoms. The first-order valence-corrected chi connectivity index (χ1v) is 14.4. The number of anilines is 1. The molecule has 7 nitrogen and oxygen atoms in total. The minimum atomic E-state index is -0.324. The maximum Gasteiger partial charge on any atom is 0.225 e. The zero-order valence-electron chi connectivity index (χ0n) is 24.3. The maximum absolute atomic E-state index is 13.0. The topological polar surface area (TPSA) is 94.6 Å². The van der Waals surface area contributed by atoms with Gasteiger partial charge in [0.25, 0.3) is 0 Å². The van der Waals surface area contributed by atoms with Crippen molar-refractivity contribution >= 4 is 23.3 Å². The van der Waals surface area contributed by atoms with E-state index in [2.05, 4.69) is 10.3 Å². The summed E-state index contributed by atoms with van der Waals surface area (Å²) < 4.78 is 11.2. The SMILES string of the molecule is CCCC(=O)c1cccc(-c2cc(NC(=O)CCC(=O)c3ccc(OCC)c(OCC)c3)nc(-c3ccccc3)c2)c1. The Bertz CT molecular complexity index is 1550. The fraction of sp³-hybridized carbons (Fsp3) is 0.257. The second-order valence-corrected chi connectivity index (χ2v) is 9.75. The van der Waals surface area contributed by atoms with E-state index in [1.54, 1.807) is 24.3 Å². The van der Waals surface area contributed by atoms with Crippen LogP contribution in [0.2, 0.25) is 0 Å². The smallest absolute Gasteiger partial charge is 0.225 e. The summed E-state index contributed by atoms with van der Waals surface area (Å²) in [6.45, 7) is 6.65. The minimum Gasteiger partial charge on any atom is -0.490 e. The second-order valence-electron chi connectivity index (χ2n) is 9.75. The molecule has 0 atom stereocenters. The first kappa shape index (κ1) is 30.2. The van der Waals surface area contributed by atoms with E-state index in [0.717, 1.165) is 23.1 Å². The molecule has 0 saturated heterocycles. The van der Waals surface area contributed by atoms with Gasteiger partial charge in [0.05, 0.1) is 18.9 Å². The lowest BCUT2D eigenvalue weighted by Gasteiger charge is -2.13. The lowest BCUT2D eigenvalue weighted by Crippen LogP contribution is -2.15. The maximum atomic E-state index is 13.0. The molecular formula is C35H36N2O5. The molecule has 0 spiro atoms. The number of ketones is 2. The molecule has 4 aromatic rings. The quantitative estimate of drug-likeness (QED) is 0.157. The van der Waals surface area contributed by atoms with Crippen molar-refractivity contribution in [3.8, 4) is 33.9 Å². The fourth-order valence-electron chi connectivity index (χ4n) is 4.56. The standard InChI is InChI=1S/C35H36N2O5/c1-4-11-30(38)26-15-10-14-25(20-26)28-21-29(24-12-8-7-9-13-24)36-34(23-28)37-35(40)19-17-31(39)27-16-18-32(41-5-2)33(22-27)42-6-3/h7-10,12-16,18,20-23H,4-6,11,17,19H2,1-3H3,(H,36,37,40). The third kappa shape index (κ3) is 7.91. The van der Waals surface area contributed by atoms with E-state index in [4.69, 9.17) is 9.47 Å². The summed E-state index contributed by atoms with van der Waals surface area (Å²) in [7, 11) is 0. The molecule has 0 aliphatic rings. The highest BCUT2D eigenvalue weighted by Gasteiger charge is 2.15. The normalized spacial score (nSPS) is 10.6. The van der Waals surface area contributed by atoms with Crippen molar-refractivity contribution in [1.29, 1.82) is 0 Å². The summed E-state index contributed by atoms with van der Waals surface area (Å²) in [6.07, 6.45) is 1.28. The van der Waals surface area contributed by atoms with E-state index in [-0.39, 0.29) is 30.3 Å². The summed E-state index contributed by atoms with van der Waals surface area (Å²) >= 11 is 0. The predicted molar refractivity (Wildman–Crippen MR) is 165 cm³/mol. The number of hydrogen-bond donors (Lipinski definition) is 1. The Hall–Kier alpha value is -4.78. The molecule has 1 heterocycles. The molecule has 0 unspecified atom stereocenters. The lowest BCUT2D eigenvalue weighted by atomic mass is 9.98. The number of Topliss-reactive ketones (excluding diaryl/α,β-unsaturated/α-hetero) is 2. The zero-order chi connectivity index (χ0) is 29.9. The number of carbonyl (C=O) groups excluding carboxylic acids is 3. The van der Waals surface area contributed by atoms with Gasteiger partial charge in [0.15, 0.2) is 23.1 Å². The van der Waals surface area contributed by atoms with E-state index in [1.807, 2.05) is 81.4 Å². The summed E-state index contributed by atoms with van der Waals surface area (Å²) in [4.78, 5) is 43.1. The van der Waals surface area contributed by atoms with Crippen LogP contribution in [0.1, 0.15) is 67.2 Å². The molecule has 0 aliphatic heterocycles. The first-order chi connectivity index (χ1) is 20.4. The van der Waals surface area contributed by atoms with E-state index in [0.29, 0.717) is 53.8 Å². The Morgan fingerprint density at radius 1 is 0.643 bits per heavy atom. The van der Waals surface area contributed by atoms with Crippen LogP contribution in [-0.2, 0) is 4.79 Å². The highest BCUT2D eigenvalue weighted by atomic mass is 16.5. The number of rotatable bonds is 14. The van der Waals surface area contributed by atoms with Gasteiger partial charge in [-0.3, -0.25) is 14.4 Å². The summed E-state index contributed by atoms with van der Waals surface area (Å²) in [5.41, 5.74) is 4.35. The lowest BCUT2D eigenvalue weighted by molar-refractivity contribution is -0.116. The van der Waals surface area contributed by atoms with Gasteiger partial charge < -0.3 is 14.8 Å². The van der Waals surface area contributed by atoms with E-state index in [9.17, 15) is 14.4 Å². The third-order valence-electron chi connectivity index (χ3n) is 6.60. The molecular weight excluding hydrogens is 528 g/mol. The van der Waals surface area contributed by atoms with Crippen LogP contribution in [0.4, 0.5) is 5.82 Å². The van der Waals surface area contributed by atoms with Gasteiger partial charge in [-0.15, -0.1) is 0 Å². The number of nitrogens with zero attached hydrogens (tertiary/aromatic N) is 1. The van der Waals surface area contributed by atoms with Crippen LogP contribution in [0.15, 0.2) is 84.9 Å². The third-order valence-corrected chi connectivity index (χ3v) is 6.60. The average Bonchev–Trinajstić information content (AvgIpc) is 3.01. The molecule has 42 heavy (non-hydrogen) atoms. The molecule has 0 fully saturated rings.